The second kappa shape index (κ2) is 7.80. The van der Waals surface area contributed by atoms with Crippen molar-refractivity contribution in [1.82, 2.24) is 4.98 Å². The number of nitrogens with zero attached hydrogens (tertiary/aromatic N) is 3. The largest absolute Gasteiger partial charge is 0.372 e. The predicted octanol–water partition coefficient (Wildman–Crippen LogP) is 4.71. The molecule has 3 aromatic rings. The second-order valence-electron chi connectivity index (χ2n) is 7.39. The van der Waals surface area contributed by atoms with Gasteiger partial charge in [-0.15, -0.1) is 11.3 Å². The van der Waals surface area contributed by atoms with Gasteiger partial charge in [0.05, 0.1) is 15.9 Å². The number of aromatic nitrogens is 1. The Kier molecular flexibility index (Phi) is 5.01. The standard InChI is InChI=1S/C22H21N3O2S2/c26-20-14-19(29-22-23-17-6-2-3-7-18(17)28-22)21(27)25(20)16-10-8-15(9-11-16)24-12-4-1-5-13-24/h2-3,6-11,19H,1,4-5,12-14H2/t19-/m0/s1. The molecule has 3 heterocycles. The Morgan fingerprint density at radius 1 is 0.931 bits per heavy atom. The van der Waals surface area contributed by atoms with Crippen molar-refractivity contribution in [2.75, 3.05) is 22.9 Å². The Morgan fingerprint density at radius 3 is 2.41 bits per heavy atom. The van der Waals surface area contributed by atoms with Crippen molar-refractivity contribution in [2.24, 2.45) is 0 Å². The van der Waals surface area contributed by atoms with E-state index in [0.29, 0.717) is 5.69 Å². The average Bonchev–Trinajstić information content (AvgIpc) is 3.28. The number of hydrogen-bond acceptors (Lipinski definition) is 6. The number of hydrogen-bond donors (Lipinski definition) is 0. The van der Waals surface area contributed by atoms with Crippen LogP contribution >= 0.6 is 23.1 Å². The number of anilines is 2. The van der Waals surface area contributed by atoms with Crippen molar-refractivity contribution in [1.29, 1.82) is 0 Å². The summed E-state index contributed by atoms with van der Waals surface area (Å²) in [5.41, 5.74) is 2.75. The number of benzene rings is 2. The highest BCUT2D eigenvalue weighted by molar-refractivity contribution is 8.02. The van der Waals surface area contributed by atoms with E-state index in [9.17, 15) is 9.59 Å². The van der Waals surface area contributed by atoms with Gasteiger partial charge in [-0.05, 0) is 55.7 Å². The summed E-state index contributed by atoms with van der Waals surface area (Å²) in [7, 11) is 0. The smallest absolute Gasteiger partial charge is 0.247 e. The summed E-state index contributed by atoms with van der Waals surface area (Å²) in [6.45, 7) is 2.14. The van der Waals surface area contributed by atoms with Gasteiger partial charge in [-0.2, -0.15) is 0 Å². The summed E-state index contributed by atoms with van der Waals surface area (Å²) in [4.78, 5) is 33.9. The van der Waals surface area contributed by atoms with Crippen molar-refractivity contribution in [3.05, 3.63) is 48.5 Å². The van der Waals surface area contributed by atoms with Gasteiger partial charge < -0.3 is 4.90 Å². The number of amides is 2. The zero-order chi connectivity index (χ0) is 19.8. The SMILES string of the molecule is O=C1C[C@H](Sc2nc3ccccc3s2)C(=O)N1c1ccc(N2CCCCC2)cc1. The van der Waals surface area contributed by atoms with Crippen molar-refractivity contribution in [3.8, 4) is 0 Å². The summed E-state index contributed by atoms with van der Waals surface area (Å²) in [5.74, 6) is -0.288. The molecule has 2 saturated heterocycles. The molecule has 7 heteroatoms. The Bertz CT molecular complexity index is 1020. The summed E-state index contributed by atoms with van der Waals surface area (Å²) >= 11 is 2.97. The van der Waals surface area contributed by atoms with Crippen LogP contribution in [-0.4, -0.2) is 35.1 Å². The van der Waals surface area contributed by atoms with Gasteiger partial charge in [0.2, 0.25) is 11.8 Å². The summed E-state index contributed by atoms with van der Waals surface area (Å²) in [6.07, 6.45) is 3.94. The quantitative estimate of drug-likeness (QED) is 0.569. The van der Waals surface area contributed by atoms with Crippen LogP contribution in [0, 0.1) is 0 Å². The van der Waals surface area contributed by atoms with Crippen LogP contribution in [0.1, 0.15) is 25.7 Å². The minimum Gasteiger partial charge on any atom is -0.372 e. The fraction of sp³-hybridized carbons (Fsp3) is 0.318. The first-order chi connectivity index (χ1) is 14.2. The van der Waals surface area contributed by atoms with E-state index in [1.54, 1.807) is 11.3 Å². The molecule has 2 aliphatic rings. The topological polar surface area (TPSA) is 53.5 Å². The maximum atomic E-state index is 13.0. The highest BCUT2D eigenvalue weighted by Crippen LogP contribution is 2.37. The fourth-order valence-electron chi connectivity index (χ4n) is 3.96. The highest BCUT2D eigenvalue weighted by Gasteiger charge is 2.40. The minimum atomic E-state index is -0.412. The van der Waals surface area contributed by atoms with Crippen LogP contribution in [0.5, 0.6) is 0 Å². The van der Waals surface area contributed by atoms with E-state index in [0.717, 1.165) is 33.3 Å². The van der Waals surface area contributed by atoms with E-state index in [1.165, 1.54) is 35.9 Å². The number of carbonyl (C=O) groups excluding carboxylic acids is 2. The molecule has 5 nitrogen and oxygen atoms in total. The molecule has 2 aliphatic heterocycles. The zero-order valence-corrected chi connectivity index (χ0v) is 17.5. The maximum absolute atomic E-state index is 13.0. The first kappa shape index (κ1) is 18.6. The highest BCUT2D eigenvalue weighted by atomic mass is 32.2. The van der Waals surface area contributed by atoms with Crippen LogP contribution in [0.15, 0.2) is 52.9 Å². The third kappa shape index (κ3) is 3.65. The lowest BCUT2D eigenvalue weighted by atomic mass is 10.1. The number of thiazole rings is 1. The van der Waals surface area contributed by atoms with Gasteiger partial charge in [0, 0.05) is 25.2 Å². The molecule has 148 valence electrons. The van der Waals surface area contributed by atoms with E-state index >= 15 is 0 Å². The number of carbonyl (C=O) groups is 2. The molecule has 5 rings (SSSR count). The third-order valence-corrected chi connectivity index (χ3v) is 7.77. The number of para-hydroxylation sites is 1. The van der Waals surface area contributed by atoms with Crippen LogP contribution in [0.4, 0.5) is 11.4 Å². The average molecular weight is 424 g/mol. The molecule has 2 fully saturated rings. The number of fused-ring (bicyclic) bond motifs is 1. The van der Waals surface area contributed by atoms with Crippen LogP contribution in [-0.2, 0) is 9.59 Å². The molecular formula is C22H21N3O2S2. The first-order valence-electron chi connectivity index (χ1n) is 9.93. The van der Waals surface area contributed by atoms with Gasteiger partial charge >= 0.3 is 0 Å². The Morgan fingerprint density at radius 2 is 1.66 bits per heavy atom. The number of thioether (sulfide) groups is 1. The lowest BCUT2D eigenvalue weighted by molar-refractivity contribution is -0.121. The van der Waals surface area contributed by atoms with E-state index in [4.69, 9.17) is 0 Å². The predicted molar refractivity (Wildman–Crippen MR) is 119 cm³/mol. The van der Waals surface area contributed by atoms with E-state index < -0.39 is 5.25 Å². The Balaban J connectivity index is 1.32. The summed E-state index contributed by atoms with van der Waals surface area (Å²) in [6, 6.07) is 15.8. The van der Waals surface area contributed by atoms with Gasteiger partial charge in [-0.25, -0.2) is 9.88 Å². The van der Waals surface area contributed by atoms with Crippen molar-refractivity contribution >= 4 is 56.5 Å². The van der Waals surface area contributed by atoms with E-state index in [1.807, 2.05) is 48.5 Å². The van der Waals surface area contributed by atoms with Gasteiger partial charge in [-0.1, -0.05) is 23.9 Å². The van der Waals surface area contributed by atoms with Crippen LogP contribution in [0.2, 0.25) is 0 Å². The van der Waals surface area contributed by atoms with E-state index in [-0.39, 0.29) is 18.2 Å². The number of rotatable bonds is 4. The molecule has 1 atom stereocenters. The van der Waals surface area contributed by atoms with Gasteiger partial charge in [0.15, 0.2) is 4.34 Å². The molecule has 0 bridgehead atoms. The molecule has 0 saturated carbocycles. The Labute approximate surface area is 177 Å². The fourth-order valence-corrected chi connectivity index (χ4v) is 6.29. The molecule has 0 spiro atoms. The molecule has 29 heavy (non-hydrogen) atoms. The molecule has 2 aromatic carbocycles. The molecule has 2 amide bonds. The molecule has 0 aliphatic carbocycles. The van der Waals surface area contributed by atoms with E-state index in [2.05, 4.69) is 9.88 Å². The Hall–Kier alpha value is -2.38. The lowest BCUT2D eigenvalue weighted by Gasteiger charge is -2.29. The lowest BCUT2D eigenvalue weighted by Crippen LogP contribution is -2.31. The zero-order valence-electron chi connectivity index (χ0n) is 15.9. The minimum absolute atomic E-state index is 0.140. The van der Waals surface area contributed by atoms with Gasteiger partial charge in [0.1, 0.15) is 5.25 Å². The summed E-state index contributed by atoms with van der Waals surface area (Å²) in [5, 5.41) is -0.412. The molecular weight excluding hydrogens is 402 g/mol. The third-order valence-electron chi connectivity index (χ3n) is 5.45. The number of imide groups is 1. The monoisotopic (exact) mass is 423 g/mol. The number of piperidine rings is 1. The first-order valence-corrected chi connectivity index (χ1v) is 11.6. The molecule has 0 radical (unpaired) electrons. The molecule has 0 unspecified atom stereocenters. The van der Waals surface area contributed by atoms with Crippen molar-refractivity contribution in [3.63, 3.8) is 0 Å². The summed E-state index contributed by atoms with van der Waals surface area (Å²) < 4.78 is 1.93. The van der Waals surface area contributed by atoms with Crippen molar-refractivity contribution in [2.45, 2.75) is 35.3 Å². The van der Waals surface area contributed by atoms with Crippen LogP contribution in [0.25, 0.3) is 10.2 Å². The van der Waals surface area contributed by atoms with Crippen LogP contribution in [0.3, 0.4) is 0 Å². The molecule has 0 N–H and O–H groups in total. The second-order valence-corrected chi connectivity index (χ2v) is 9.87. The normalized spacial score (nSPS) is 20.1. The maximum Gasteiger partial charge on any atom is 0.247 e. The molecule has 1 aromatic heterocycles. The van der Waals surface area contributed by atoms with Crippen molar-refractivity contribution < 1.29 is 9.59 Å². The van der Waals surface area contributed by atoms with Crippen LogP contribution < -0.4 is 9.80 Å². The van der Waals surface area contributed by atoms with Gasteiger partial charge in [-0.3, -0.25) is 9.59 Å². The van der Waals surface area contributed by atoms with Gasteiger partial charge in [0.25, 0.3) is 0 Å².